The molecule has 1 heterocycles. The predicted molar refractivity (Wildman–Crippen MR) is 67.1 cm³/mol. The molecule has 4 nitrogen and oxygen atoms in total. The minimum Gasteiger partial charge on any atom is -0.392 e. The summed E-state index contributed by atoms with van der Waals surface area (Å²) in [5.74, 6) is 0.311. The number of nitrogens with one attached hydrogen (secondary N) is 1. The SMILES string of the molecule is CC(C)(C(=O)NCC1CCCOC1)C(N)=S. The molecule has 0 aromatic rings. The lowest BCUT2D eigenvalue weighted by molar-refractivity contribution is -0.126. The van der Waals surface area contributed by atoms with Gasteiger partial charge in [0.25, 0.3) is 0 Å². The Balaban J connectivity index is 2.37. The van der Waals surface area contributed by atoms with Crippen LogP contribution in [0, 0.1) is 11.3 Å². The van der Waals surface area contributed by atoms with Crippen molar-refractivity contribution in [3.8, 4) is 0 Å². The summed E-state index contributed by atoms with van der Waals surface area (Å²) in [7, 11) is 0. The van der Waals surface area contributed by atoms with Crippen LogP contribution in [0.4, 0.5) is 0 Å². The van der Waals surface area contributed by atoms with Gasteiger partial charge in [-0.3, -0.25) is 4.79 Å². The van der Waals surface area contributed by atoms with E-state index < -0.39 is 5.41 Å². The van der Waals surface area contributed by atoms with Crippen molar-refractivity contribution < 1.29 is 9.53 Å². The van der Waals surface area contributed by atoms with E-state index in [0.717, 1.165) is 26.1 Å². The highest BCUT2D eigenvalue weighted by Gasteiger charge is 2.31. The highest BCUT2D eigenvalue weighted by molar-refractivity contribution is 7.80. The fraction of sp³-hybridized carbons (Fsp3) is 0.818. The normalized spacial score (nSPS) is 21.5. The van der Waals surface area contributed by atoms with Gasteiger partial charge in [-0.2, -0.15) is 0 Å². The maximum atomic E-state index is 11.8. The average Bonchev–Trinajstić information content (AvgIpc) is 2.27. The van der Waals surface area contributed by atoms with Crippen molar-refractivity contribution in [1.82, 2.24) is 5.32 Å². The summed E-state index contributed by atoms with van der Waals surface area (Å²) >= 11 is 4.87. The molecule has 0 radical (unpaired) electrons. The van der Waals surface area contributed by atoms with Crippen molar-refractivity contribution in [3.05, 3.63) is 0 Å². The van der Waals surface area contributed by atoms with Gasteiger partial charge in [0.05, 0.1) is 17.0 Å². The van der Waals surface area contributed by atoms with Crippen LogP contribution in [0.1, 0.15) is 26.7 Å². The van der Waals surface area contributed by atoms with Gasteiger partial charge in [0.1, 0.15) is 0 Å². The summed E-state index contributed by atoms with van der Waals surface area (Å²) in [5.41, 5.74) is 4.75. The molecule has 1 aliphatic rings. The van der Waals surface area contributed by atoms with Gasteiger partial charge in [0.2, 0.25) is 5.91 Å². The number of hydrogen-bond donors (Lipinski definition) is 2. The molecule has 5 heteroatoms. The van der Waals surface area contributed by atoms with Crippen molar-refractivity contribution in [1.29, 1.82) is 0 Å². The molecular weight excluding hydrogens is 224 g/mol. The van der Waals surface area contributed by atoms with E-state index in [1.54, 1.807) is 13.8 Å². The number of thiocarbonyl (C=S) groups is 1. The summed E-state index contributed by atoms with van der Waals surface area (Å²) in [6.07, 6.45) is 2.17. The number of carbonyl (C=O) groups excluding carboxylic acids is 1. The Hall–Kier alpha value is -0.680. The second-order valence-corrected chi connectivity index (χ2v) is 5.22. The molecule has 1 unspecified atom stereocenters. The summed E-state index contributed by atoms with van der Waals surface area (Å²) < 4.78 is 5.35. The fourth-order valence-electron chi connectivity index (χ4n) is 1.54. The van der Waals surface area contributed by atoms with E-state index in [1.807, 2.05) is 0 Å². The van der Waals surface area contributed by atoms with Crippen LogP contribution >= 0.6 is 12.2 Å². The third kappa shape index (κ3) is 3.42. The van der Waals surface area contributed by atoms with Crippen molar-refractivity contribution in [2.45, 2.75) is 26.7 Å². The number of rotatable bonds is 4. The molecule has 0 aromatic heterocycles. The molecule has 0 bridgehead atoms. The van der Waals surface area contributed by atoms with Gasteiger partial charge in [-0.15, -0.1) is 0 Å². The first-order valence-electron chi connectivity index (χ1n) is 5.60. The summed E-state index contributed by atoms with van der Waals surface area (Å²) in [5, 5.41) is 2.89. The molecule has 1 rings (SSSR count). The molecular formula is C11H20N2O2S. The van der Waals surface area contributed by atoms with Crippen LogP contribution in [-0.2, 0) is 9.53 Å². The van der Waals surface area contributed by atoms with Crippen molar-refractivity contribution >= 4 is 23.1 Å². The number of amides is 1. The molecule has 1 fully saturated rings. The topological polar surface area (TPSA) is 64.3 Å². The molecule has 1 saturated heterocycles. The van der Waals surface area contributed by atoms with Crippen LogP contribution in [-0.4, -0.2) is 30.7 Å². The Kier molecular flexibility index (Phi) is 4.68. The molecule has 1 amide bonds. The minimum absolute atomic E-state index is 0.106. The third-order valence-electron chi connectivity index (χ3n) is 2.99. The molecule has 16 heavy (non-hydrogen) atoms. The fourth-order valence-corrected chi connectivity index (χ4v) is 1.63. The van der Waals surface area contributed by atoms with Gasteiger partial charge in [0.15, 0.2) is 0 Å². The quantitative estimate of drug-likeness (QED) is 0.719. The Morgan fingerprint density at radius 1 is 1.62 bits per heavy atom. The van der Waals surface area contributed by atoms with Crippen LogP contribution in [0.2, 0.25) is 0 Å². The summed E-state index contributed by atoms with van der Waals surface area (Å²) in [6, 6.07) is 0. The molecule has 0 aromatic carbocycles. The Labute approximate surface area is 102 Å². The van der Waals surface area contributed by atoms with Crippen LogP contribution in [0.3, 0.4) is 0 Å². The molecule has 1 atom stereocenters. The van der Waals surface area contributed by atoms with Crippen LogP contribution in [0.25, 0.3) is 0 Å². The van der Waals surface area contributed by atoms with Gasteiger partial charge < -0.3 is 15.8 Å². The van der Waals surface area contributed by atoms with E-state index in [2.05, 4.69) is 5.32 Å². The van der Waals surface area contributed by atoms with Gasteiger partial charge in [-0.05, 0) is 32.6 Å². The third-order valence-corrected chi connectivity index (χ3v) is 3.50. The maximum Gasteiger partial charge on any atom is 0.232 e. The second kappa shape index (κ2) is 5.59. The standard InChI is InChI=1S/C11H20N2O2S/c1-11(2,9(12)16)10(14)13-6-8-4-3-5-15-7-8/h8H,3-7H2,1-2H3,(H2,12,16)(H,13,14). The zero-order valence-electron chi connectivity index (χ0n) is 9.91. The highest BCUT2D eigenvalue weighted by atomic mass is 32.1. The van der Waals surface area contributed by atoms with Crippen molar-refractivity contribution in [3.63, 3.8) is 0 Å². The molecule has 0 saturated carbocycles. The number of ether oxygens (including phenoxy) is 1. The van der Waals surface area contributed by atoms with E-state index in [9.17, 15) is 4.79 Å². The van der Waals surface area contributed by atoms with E-state index in [1.165, 1.54) is 0 Å². The molecule has 3 N–H and O–H groups in total. The number of nitrogens with two attached hydrogens (primary N) is 1. The second-order valence-electron chi connectivity index (χ2n) is 4.78. The van der Waals surface area contributed by atoms with Gasteiger partial charge in [-0.1, -0.05) is 12.2 Å². The average molecular weight is 244 g/mol. The zero-order chi connectivity index (χ0) is 12.2. The minimum atomic E-state index is -0.773. The van der Waals surface area contributed by atoms with Crippen LogP contribution in [0.15, 0.2) is 0 Å². The van der Waals surface area contributed by atoms with E-state index in [-0.39, 0.29) is 10.9 Å². The van der Waals surface area contributed by atoms with Crippen LogP contribution < -0.4 is 11.1 Å². The smallest absolute Gasteiger partial charge is 0.232 e. The predicted octanol–water partition coefficient (Wildman–Crippen LogP) is 0.841. The molecule has 92 valence electrons. The Bertz CT molecular complexity index is 273. The lowest BCUT2D eigenvalue weighted by Crippen LogP contribution is -2.46. The maximum absolute atomic E-state index is 11.8. The molecule has 0 spiro atoms. The van der Waals surface area contributed by atoms with Crippen molar-refractivity contribution in [2.75, 3.05) is 19.8 Å². The largest absolute Gasteiger partial charge is 0.392 e. The molecule has 1 aliphatic heterocycles. The molecule has 0 aliphatic carbocycles. The monoisotopic (exact) mass is 244 g/mol. The number of carbonyl (C=O) groups is 1. The van der Waals surface area contributed by atoms with Crippen LogP contribution in [0.5, 0.6) is 0 Å². The zero-order valence-corrected chi connectivity index (χ0v) is 10.7. The Morgan fingerprint density at radius 3 is 2.81 bits per heavy atom. The first-order chi connectivity index (χ1) is 7.44. The van der Waals surface area contributed by atoms with Gasteiger partial charge in [-0.25, -0.2) is 0 Å². The first-order valence-corrected chi connectivity index (χ1v) is 6.01. The van der Waals surface area contributed by atoms with E-state index in [4.69, 9.17) is 22.7 Å². The Morgan fingerprint density at radius 2 is 2.31 bits per heavy atom. The summed E-state index contributed by atoms with van der Waals surface area (Å²) in [6.45, 7) is 5.69. The lowest BCUT2D eigenvalue weighted by Gasteiger charge is -2.26. The highest BCUT2D eigenvalue weighted by Crippen LogP contribution is 2.17. The van der Waals surface area contributed by atoms with Crippen molar-refractivity contribution in [2.24, 2.45) is 17.1 Å². The van der Waals surface area contributed by atoms with Gasteiger partial charge >= 0.3 is 0 Å². The lowest BCUT2D eigenvalue weighted by atomic mass is 9.92. The first kappa shape index (κ1) is 13.4. The summed E-state index contributed by atoms with van der Waals surface area (Å²) in [4.78, 5) is 12.1. The van der Waals surface area contributed by atoms with E-state index >= 15 is 0 Å². The van der Waals surface area contributed by atoms with Gasteiger partial charge in [0, 0.05) is 13.2 Å². The number of hydrogen-bond acceptors (Lipinski definition) is 3. The van der Waals surface area contributed by atoms with E-state index in [0.29, 0.717) is 12.5 Å².